The molecule has 1 amide bonds. The lowest BCUT2D eigenvalue weighted by molar-refractivity contribution is -0.119. The van der Waals surface area contributed by atoms with Gasteiger partial charge in [0.05, 0.1) is 19.3 Å². The van der Waals surface area contributed by atoms with Crippen molar-refractivity contribution in [3.05, 3.63) is 34.9 Å². The van der Waals surface area contributed by atoms with Crippen molar-refractivity contribution in [2.75, 3.05) is 26.3 Å². The molecule has 2 N–H and O–H groups in total. The third kappa shape index (κ3) is 4.76. The number of halogens is 1. The summed E-state index contributed by atoms with van der Waals surface area (Å²) in [4.78, 5) is 11.3. The van der Waals surface area contributed by atoms with Gasteiger partial charge in [-0.15, -0.1) is 0 Å². The van der Waals surface area contributed by atoms with Gasteiger partial charge in [-0.25, -0.2) is 0 Å². The molecule has 0 radical (unpaired) electrons. The van der Waals surface area contributed by atoms with E-state index in [1.165, 1.54) is 6.92 Å². The Balaban J connectivity index is 1.91. The molecule has 1 aliphatic heterocycles. The molecule has 1 atom stereocenters. The van der Waals surface area contributed by atoms with Crippen LogP contribution in [0.2, 0.25) is 5.02 Å². The molecule has 1 aliphatic rings. The lowest BCUT2D eigenvalue weighted by atomic mass is 10.1. The Labute approximate surface area is 123 Å². The SMILES string of the molecule is CC(=O)NC(CNCC1OCCO1)c1cccc(Cl)c1. The van der Waals surface area contributed by atoms with E-state index in [1.54, 1.807) is 0 Å². The van der Waals surface area contributed by atoms with Crippen LogP contribution in [0, 0.1) is 0 Å². The zero-order valence-corrected chi connectivity index (χ0v) is 12.2. The van der Waals surface area contributed by atoms with Crippen LogP contribution in [0.1, 0.15) is 18.5 Å². The minimum Gasteiger partial charge on any atom is -0.349 e. The van der Waals surface area contributed by atoms with E-state index in [-0.39, 0.29) is 18.2 Å². The molecule has 6 heteroatoms. The minimum atomic E-state index is -0.202. The predicted molar refractivity (Wildman–Crippen MR) is 76.6 cm³/mol. The number of benzene rings is 1. The first-order valence-electron chi connectivity index (χ1n) is 6.61. The van der Waals surface area contributed by atoms with Crippen LogP contribution < -0.4 is 10.6 Å². The number of amides is 1. The average molecular weight is 299 g/mol. The Morgan fingerprint density at radius 2 is 2.20 bits per heavy atom. The van der Waals surface area contributed by atoms with Crippen molar-refractivity contribution in [3.63, 3.8) is 0 Å². The molecule has 110 valence electrons. The molecule has 2 rings (SSSR count). The Morgan fingerprint density at radius 1 is 1.45 bits per heavy atom. The normalized spacial score (nSPS) is 17.1. The second-order valence-electron chi connectivity index (χ2n) is 4.64. The van der Waals surface area contributed by atoms with E-state index in [2.05, 4.69) is 10.6 Å². The van der Waals surface area contributed by atoms with Gasteiger partial charge in [-0.05, 0) is 17.7 Å². The van der Waals surface area contributed by atoms with E-state index in [1.807, 2.05) is 24.3 Å². The number of carbonyl (C=O) groups is 1. The van der Waals surface area contributed by atoms with Gasteiger partial charge in [0, 0.05) is 25.0 Å². The number of carbonyl (C=O) groups excluding carboxylic acids is 1. The van der Waals surface area contributed by atoms with E-state index in [0.717, 1.165) is 5.56 Å². The zero-order valence-electron chi connectivity index (χ0n) is 11.4. The summed E-state index contributed by atoms with van der Waals surface area (Å²) in [5, 5.41) is 6.80. The third-order valence-electron chi connectivity index (χ3n) is 2.98. The standard InChI is InChI=1S/C14H19ClN2O3/c1-10(18)17-13(11-3-2-4-12(15)7-11)8-16-9-14-19-5-6-20-14/h2-4,7,13-14,16H,5-6,8-9H2,1H3,(H,17,18). The van der Waals surface area contributed by atoms with Crippen LogP contribution >= 0.6 is 11.6 Å². The van der Waals surface area contributed by atoms with Gasteiger partial charge in [-0.2, -0.15) is 0 Å². The van der Waals surface area contributed by atoms with Gasteiger partial charge in [0.2, 0.25) is 5.91 Å². The molecule has 0 spiro atoms. The number of hydrogen-bond donors (Lipinski definition) is 2. The van der Waals surface area contributed by atoms with Gasteiger partial charge in [0.25, 0.3) is 0 Å². The van der Waals surface area contributed by atoms with E-state index >= 15 is 0 Å². The highest BCUT2D eigenvalue weighted by atomic mass is 35.5. The van der Waals surface area contributed by atoms with Gasteiger partial charge in [-0.1, -0.05) is 23.7 Å². The Morgan fingerprint density at radius 3 is 2.85 bits per heavy atom. The lowest BCUT2D eigenvalue weighted by Crippen LogP contribution is -2.37. The van der Waals surface area contributed by atoms with Crippen molar-refractivity contribution >= 4 is 17.5 Å². The smallest absolute Gasteiger partial charge is 0.217 e. The zero-order chi connectivity index (χ0) is 14.4. The van der Waals surface area contributed by atoms with Crippen LogP contribution in [0.4, 0.5) is 0 Å². The number of ether oxygens (including phenoxy) is 2. The molecule has 5 nitrogen and oxygen atoms in total. The minimum absolute atomic E-state index is 0.0786. The lowest BCUT2D eigenvalue weighted by Gasteiger charge is -2.20. The number of nitrogens with one attached hydrogen (secondary N) is 2. The molecule has 1 aromatic carbocycles. The fourth-order valence-corrected chi connectivity index (χ4v) is 2.29. The summed E-state index contributed by atoms with van der Waals surface area (Å²) in [7, 11) is 0. The molecule has 1 aromatic rings. The number of rotatable bonds is 6. The molecular weight excluding hydrogens is 280 g/mol. The summed E-state index contributed by atoms with van der Waals surface area (Å²) in [5.74, 6) is -0.0786. The summed E-state index contributed by atoms with van der Waals surface area (Å²) in [5.41, 5.74) is 0.966. The van der Waals surface area contributed by atoms with E-state index in [0.29, 0.717) is 31.3 Å². The Kier molecular flexibility index (Phi) is 5.79. The van der Waals surface area contributed by atoms with E-state index < -0.39 is 0 Å². The summed E-state index contributed by atoms with van der Waals surface area (Å²) in [6, 6.07) is 7.34. The van der Waals surface area contributed by atoms with Gasteiger partial charge < -0.3 is 20.1 Å². The highest BCUT2D eigenvalue weighted by Crippen LogP contribution is 2.17. The monoisotopic (exact) mass is 298 g/mol. The van der Waals surface area contributed by atoms with Crippen LogP contribution in [-0.2, 0) is 14.3 Å². The molecule has 1 unspecified atom stereocenters. The second kappa shape index (κ2) is 7.59. The first kappa shape index (κ1) is 15.3. The van der Waals surface area contributed by atoms with E-state index in [9.17, 15) is 4.79 Å². The maximum Gasteiger partial charge on any atom is 0.217 e. The fraction of sp³-hybridized carbons (Fsp3) is 0.500. The molecule has 1 heterocycles. The van der Waals surface area contributed by atoms with Crippen LogP contribution in [0.3, 0.4) is 0 Å². The predicted octanol–water partition coefficient (Wildman–Crippen LogP) is 1.48. The van der Waals surface area contributed by atoms with Crippen molar-refractivity contribution in [2.45, 2.75) is 19.3 Å². The fourth-order valence-electron chi connectivity index (χ4n) is 2.09. The van der Waals surface area contributed by atoms with Gasteiger partial charge in [-0.3, -0.25) is 4.79 Å². The van der Waals surface area contributed by atoms with Crippen LogP contribution in [0.15, 0.2) is 24.3 Å². The molecule has 0 aromatic heterocycles. The molecule has 1 saturated heterocycles. The van der Waals surface area contributed by atoms with Crippen molar-refractivity contribution in [1.29, 1.82) is 0 Å². The highest BCUT2D eigenvalue weighted by Gasteiger charge is 2.17. The van der Waals surface area contributed by atoms with Gasteiger partial charge in [0.15, 0.2) is 6.29 Å². The summed E-state index contributed by atoms with van der Waals surface area (Å²) >= 11 is 5.99. The van der Waals surface area contributed by atoms with Crippen molar-refractivity contribution < 1.29 is 14.3 Å². The van der Waals surface area contributed by atoms with E-state index in [4.69, 9.17) is 21.1 Å². The van der Waals surface area contributed by atoms with Gasteiger partial charge in [0.1, 0.15) is 0 Å². The molecule has 0 aliphatic carbocycles. The largest absolute Gasteiger partial charge is 0.349 e. The maximum atomic E-state index is 11.3. The average Bonchev–Trinajstić information content (AvgIpc) is 2.90. The first-order valence-corrected chi connectivity index (χ1v) is 6.99. The van der Waals surface area contributed by atoms with Crippen LogP contribution in [-0.4, -0.2) is 38.5 Å². The molecule has 0 bridgehead atoms. The summed E-state index contributed by atoms with van der Waals surface area (Å²) < 4.78 is 10.7. The maximum absolute atomic E-state index is 11.3. The summed E-state index contributed by atoms with van der Waals surface area (Å²) in [6.07, 6.45) is -0.202. The molecular formula is C14H19ClN2O3. The molecule has 20 heavy (non-hydrogen) atoms. The Hall–Kier alpha value is -1.14. The second-order valence-corrected chi connectivity index (χ2v) is 5.07. The summed E-state index contributed by atoms with van der Waals surface area (Å²) in [6.45, 7) is 3.95. The quantitative estimate of drug-likeness (QED) is 0.835. The van der Waals surface area contributed by atoms with Crippen molar-refractivity contribution in [3.8, 4) is 0 Å². The van der Waals surface area contributed by atoms with Crippen LogP contribution in [0.25, 0.3) is 0 Å². The topological polar surface area (TPSA) is 59.6 Å². The van der Waals surface area contributed by atoms with Crippen molar-refractivity contribution in [1.82, 2.24) is 10.6 Å². The number of hydrogen-bond acceptors (Lipinski definition) is 4. The third-order valence-corrected chi connectivity index (χ3v) is 3.21. The first-order chi connectivity index (χ1) is 9.65. The Bertz CT molecular complexity index is 450. The van der Waals surface area contributed by atoms with Gasteiger partial charge >= 0.3 is 0 Å². The van der Waals surface area contributed by atoms with Crippen molar-refractivity contribution in [2.24, 2.45) is 0 Å². The van der Waals surface area contributed by atoms with Crippen LogP contribution in [0.5, 0.6) is 0 Å². The molecule has 1 fully saturated rings. The molecule has 0 saturated carbocycles. The highest BCUT2D eigenvalue weighted by molar-refractivity contribution is 6.30.